The molecule has 1 aromatic carbocycles. The molecule has 0 fully saturated rings. The van der Waals surface area contributed by atoms with E-state index in [1.165, 1.54) is 0 Å². The summed E-state index contributed by atoms with van der Waals surface area (Å²) in [6.45, 7) is 8.66. The summed E-state index contributed by atoms with van der Waals surface area (Å²) in [5, 5.41) is 8.09. The first-order chi connectivity index (χ1) is 11.3. The Morgan fingerprint density at radius 2 is 2.17 bits per heavy atom. The van der Waals surface area contributed by atoms with Gasteiger partial charge >= 0.3 is 0 Å². The number of carbonyl (C=O) groups excluding carboxylic acids is 1. The van der Waals surface area contributed by atoms with E-state index in [-0.39, 0.29) is 17.5 Å². The van der Waals surface area contributed by atoms with E-state index in [1.54, 1.807) is 6.07 Å². The van der Waals surface area contributed by atoms with E-state index in [0.717, 1.165) is 11.3 Å². The van der Waals surface area contributed by atoms with Crippen LogP contribution in [0.4, 0.5) is 0 Å². The number of halogens is 1. The summed E-state index contributed by atoms with van der Waals surface area (Å²) in [4.78, 5) is 12.6. The van der Waals surface area contributed by atoms with Crippen LogP contribution in [0.1, 0.15) is 55.0 Å². The van der Waals surface area contributed by atoms with Crippen molar-refractivity contribution in [3.63, 3.8) is 0 Å². The molecule has 0 aliphatic carbocycles. The van der Waals surface area contributed by atoms with Crippen LogP contribution in [0.3, 0.4) is 0 Å². The summed E-state index contributed by atoms with van der Waals surface area (Å²) in [6, 6.07) is 7.29. The van der Waals surface area contributed by atoms with Crippen molar-refractivity contribution in [1.29, 1.82) is 0 Å². The maximum absolute atomic E-state index is 12.6. The highest BCUT2D eigenvalue weighted by Gasteiger charge is 2.27. The Balaban J connectivity index is 1.83. The van der Waals surface area contributed by atoms with E-state index in [0.29, 0.717) is 29.5 Å². The molecule has 1 unspecified atom stereocenters. The summed E-state index contributed by atoms with van der Waals surface area (Å²) >= 11 is 6.18. The van der Waals surface area contributed by atoms with Gasteiger partial charge in [-0.2, -0.15) is 5.10 Å². The molecule has 3 rings (SSSR count). The third-order valence-corrected chi connectivity index (χ3v) is 4.38. The number of amides is 1. The van der Waals surface area contributed by atoms with E-state index in [9.17, 15) is 4.79 Å². The number of aromatic nitrogens is 2. The predicted molar refractivity (Wildman–Crippen MR) is 93.7 cm³/mol. The SMILES string of the molecule is Cc1cc(C(=O)NC2CCOc3c(Cl)cccc32)nn1C(C)(C)C. The summed E-state index contributed by atoms with van der Waals surface area (Å²) in [5.74, 6) is 0.478. The standard InChI is InChI=1S/C18H22ClN3O2/c1-11-10-15(21-22(11)18(2,3)4)17(23)20-14-8-9-24-16-12(14)6-5-7-13(16)19/h5-7,10,14H,8-9H2,1-4H3,(H,20,23). The van der Waals surface area contributed by atoms with E-state index >= 15 is 0 Å². The molecule has 6 heteroatoms. The maximum atomic E-state index is 12.6. The summed E-state index contributed by atoms with van der Waals surface area (Å²) in [5.41, 5.74) is 2.14. The number of hydrogen-bond donors (Lipinski definition) is 1. The van der Waals surface area contributed by atoms with Crippen LogP contribution in [-0.4, -0.2) is 22.3 Å². The zero-order valence-electron chi connectivity index (χ0n) is 14.4. The van der Waals surface area contributed by atoms with Crippen molar-refractivity contribution in [1.82, 2.24) is 15.1 Å². The lowest BCUT2D eigenvalue weighted by Crippen LogP contribution is -2.33. The first-order valence-corrected chi connectivity index (χ1v) is 8.44. The molecule has 0 spiro atoms. The van der Waals surface area contributed by atoms with Crippen LogP contribution in [0.15, 0.2) is 24.3 Å². The molecule has 1 aliphatic rings. The second-order valence-corrected chi connectivity index (χ2v) is 7.48. The number of hydrogen-bond acceptors (Lipinski definition) is 3. The Bertz CT molecular complexity index is 777. The van der Waals surface area contributed by atoms with Gasteiger partial charge in [-0.05, 0) is 39.8 Å². The lowest BCUT2D eigenvalue weighted by molar-refractivity contribution is 0.0918. The molecule has 0 bridgehead atoms. The molecule has 0 saturated carbocycles. The predicted octanol–water partition coefficient (Wildman–Crippen LogP) is 3.85. The molecular weight excluding hydrogens is 326 g/mol. The highest BCUT2D eigenvalue weighted by Crippen LogP contribution is 2.37. The number of ether oxygens (including phenoxy) is 1. The van der Waals surface area contributed by atoms with Gasteiger partial charge in [0.1, 0.15) is 11.4 Å². The van der Waals surface area contributed by atoms with Crippen molar-refractivity contribution < 1.29 is 9.53 Å². The lowest BCUT2D eigenvalue weighted by Gasteiger charge is -2.27. The van der Waals surface area contributed by atoms with E-state index in [1.807, 2.05) is 29.8 Å². The fourth-order valence-corrected chi connectivity index (χ4v) is 3.27. The van der Waals surface area contributed by atoms with Gasteiger partial charge in [0.25, 0.3) is 5.91 Å². The summed E-state index contributed by atoms with van der Waals surface area (Å²) < 4.78 is 7.51. The van der Waals surface area contributed by atoms with Crippen molar-refractivity contribution >= 4 is 17.5 Å². The van der Waals surface area contributed by atoms with Crippen molar-refractivity contribution in [2.75, 3.05) is 6.61 Å². The van der Waals surface area contributed by atoms with Crippen molar-refractivity contribution in [3.05, 3.63) is 46.2 Å². The lowest BCUT2D eigenvalue weighted by atomic mass is 10.0. The van der Waals surface area contributed by atoms with Crippen LogP contribution in [0.5, 0.6) is 5.75 Å². The minimum absolute atomic E-state index is 0.125. The average Bonchev–Trinajstić information content (AvgIpc) is 2.91. The molecule has 24 heavy (non-hydrogen) atoms. The van der Waals surface area contributed by atoms with Crippen LogP contribution < -0.4 is 10.1 Å². The fraction of sp³-hybridized carbons (Fsp3) is 0.444. The normalized spacial score (nSPS) is 17.1. The number of rotatable bonds is 2. The third-order valence-electron chi connectivity index (χ3n) is 4.09. The van der Waals surface area contributed by atoms with E-state index in [2.05, 4.69) is 31.2 Å². The Morgan fingerprint density at radius 3 is 2.83 bits per heavy atom. The van der Waals surface area contributed by atoms with Crippen molar-refractivity contribution in [2.45, 2.75) is 45.7 Å². The number of aryl methyl sites for hydroxylation is 1. The minimum atomic E-state index is -0.182. The summed E-state index contributed by atoms with van der Waals surface area (Å²) in [6.07, 6.45) is 0.706. The van der Waals surface area contributed by atoms with Crippen molar-refractivity contribution in [2.24, 2.45) is 0 Å². The number of nitrogens with one attached hydrogen (secondary N) is 1. The van der Waals surface area contributed by atoms with E-state index < -0.39 is 0 Å². The second-order valence-electron chi connectivity index (χ2n) is 7.07. The first kappa shape index (κ1) is 16.8. The van der Waals surface area contributed by atoms with Gasteiger partial charge in [-0.3, -0.25) is 9.48 Å². The molecule has 1 amide bonds. The van der Waals surface area contributed by atoms with Gasteiger partial charge in [0.15, 0.2) is 0 Å². The number of nitrogens with zero attached hydrogens (tertiary/aromatic N) is 2. The van der Waals surface area contributed by atoms with Crippen molar-refractivity contribution in [3.8, 4) is 5.75 Å². The largest absolute Gasteiger partial charge is 0.492 e. The summed E-state index contributed by atoms with van der Waals surface area (Å²) in [7, 11) is 0. The van der Waals surface area contributed by atoms with Gasteiger partial charge in [-0.25, -0.2) is 0 Å². The Hall–Kier alpha value is -2.01. The molecule has 1 aliphatic heterocycles. The Kier molecular flexibility index (Phi) is 4.30. The first-order valence-electron chi connectivity index (χ1n) is 8.06. The average molecular weight is 348 g/mol. The van der Waals surface area contributed by atoms with Crippen LogP contribution in [0.25, 0.3) is 0 Å². The molecule has 0 saturated heterocycles. The molecule has 2 heterocycles. The molecule has 1 N–H and O–H groups in total. The van der Waals surface area contributed by atoms with Gasteiger partial charge in [-0.15, -0.1) is 0 Å². The van der Waals surface area contributed by atoms with Crippen LogP contribution in [0.2, 0.25) is 5.02 Å². The van der Waals surface area contributed by atoms with Gasteiger partial charge in [0.2, 0.25) is 0 Å². The van der Waals surface area contributed by atoms with Crippen LogP contribution >= 0.6 is 11.6 Å². The van der Waals surface area contributed by atoms with E-state index in [4.69, 9.17) is 16.3 Å². The van der Waals surface area contributed by atoms with Crippen LogP contribution in [-0.2, 0) is 5.54 Å². The molecule has 0 radical (unpaired) electrons. The Labute approximate surface area is 147 Å². The number of fused-ring (bicyclic) bond motifs is 1. The highest BCUT2D eigenvalue weighted by molar-refractivity contribution is 6.32. The Morgan fingerprint density at radius 1 is 1.42 bits per heavy atom. The smallest absolute Gasteiger partial charge is 0.272 e. The molecular formula is C18H22ClN3O2. The van der Waals surface area contributed by atoms with Gasteiger partial charge < -0.3 is 10.1 Å². The van der Waals surface area contributed by atoms with Crippen LogP contribution in [0, 0.1) is 6.92 Å². The maximum Gasteiger partial charge on any atom is 0.272 e. The zero-order valence-corrected chi connectivity index (χ0v) is 15.1. The fourth-order valence-electron chi connectivity index (χ4n) is 3.03. The highest BCUT2D eigenvalue weighted by atomic mass is 35.5. The molecule has 2 aromatic rings. The number of para-hydroxylation sites is 1. The number of benzene rings is 1. The topological polar surface area (TPSA) is 56.1 Å². The minimum Gasteiger partial charge on any atom is -0.492 e. The second kappa shape index (κ2) is 6.13. The van der Waals surface area contributed by atoms with Gasteiger partial charge in [-0.1, -0.05) is 23.7 Å². The van der Waals surface area contributed by atoms with Gasteiger partial charge in [0, 0.05) is 17.7 Å². The monoisotopic (exact) mass is 347 g/mol. The molecule has 128 valence electrons. The van der Waals surface area contributed by atoms with Gasteiger partial charge in [0.05, 0.1) is 23.2 Å². The molecule has 1 atom stereocenters. The number of carbonyl (C=O) groups is 1. The molecule has 5 nitrogen and oxygen atoms in total. The quantitative estimate of drug-likeness (QED) is 0.897. The molecule has 1 aromatic heterocycles. The third kappa shape index (κ3) is 3.13. The zero-order chi connectivity index (χ0) is 17.5.